The van der Waals surface area contributed by atoms with Gasteiger partial charge in [-0.2, -0.15) is 13.2 Å². The standard InChI is InChI=1S/C31H25F3N2O9/c32-31(33,34)21-16-35-30(41)36(25(21)37)26-24(45-29(40)20-14-8-3-9-15-20)23(44-28(39)19-12-6-2-7-13-19)22(43-26)17-42-27(38)18-10-4-1-5-11-18/h1-15,21-24,26H,16-17H2,(H,35,41)/t21?,22-,23-,24-,26-/m1/s1. The van der Waals surface area contributed by atoms with Gasteiger partial charge in [-0.1, -0.05) is 54.6 Å². The van der Waals surface area contributed by atoms with Crippen LogP contribution in [-0.4, -0.2) is 78.6 Å². The Hall–Kier alpha value is -5.24. The van der Waals surface area contributed by atoms with Crippen molar-refractivity contribution in [3.63, 3.8) is 0 Å². The van der Waals surface area contributed by atoms with E-state index in [1.165, 1.54) is 48.5 Å². The Labute approximate surface area is 253 Å². The van der Waals surface area contributed by atoms with E-state index in [4.69, 9.17) is 18.9 Å². The van der Waals surface area contributed by atoms with Crippen LogP contribution in [0.15, 0.2) is 91.0 Å². The first kappa shape index (κ1) is 31.2. The minimum absolute atomic E-state index is 0.00549. The van der Waals surface area contributed by atoms with E-state index in [2.05, 4.69) is 0 Å². The van der Waals surface area contributed by atoms with Gasteiger partial charge < -0.3 is 24.3 Å². The molecule has 2 heterocycles. The van der Waals surface area contributed by atoms with Gasteiger partial charge in [-0.25, -0.2) is 24.1 Å². The zero-order valence-corrected chi connectivity index (χ0v) is 23.2. The third kappa shape index (κ3) is 6.96. The van der Waals surface area contributed by atoms with E-state index < -0.39 is 79.6 Å². The average Bonchev–Trinajstić information content (AvgIpc) is 3.36. The minimum Gasteiger partial charge on any atom is -0.459 e. The van der Waals surface area contributed by atoms with Gasteiger partial charge in [-0.3, -0.25) is 4.79 Å². The van der Waals surface area contributed by atoms with Crippen molar-refractivity contribution in [1.29, 1.82) is 0 Å². The van der Waals surface area contributed by atoms with Gasteiger partial charge in [0.2, 0.25) is 5.91 Å². The first-order valence-electron chi connectivity index (χ1n) is 13.6. The molecule has 0 aromatic heterocycles. The molecular weight excluding hydrogens is 601 g/mol. The Morgan fingerprint density at radius 3 is 1.71 bits per heavy atom. The van der Waals surface area contributed by atoms with Crippen molar-refractivity contribution in [3.05, 3.63) is 108 Å². The monoisotopic (exact) mass is 626 g/mol. The Morgan fingerprint density at radius 1 is 0.756 bits per heavy atom. The fraction of sp³-hybridized carbons (Fsp3) is 0.258. The lowest BCUT2D eigenvalue weighted by molar-refractivity contribution is -0.197. The summed E-state index contributed by atoms with van der Waals surface area (Å²) >= 11 is 0. The quantitative estimate of drug-likeness (QED) is 0.293. The number of carbonyl (C=O) groups is 5. The van der Waals surface area contributed by atoms with E-state index in [1.807, 2.05) is 5.32 Å². The second kappa shape index (κ2) is 13.2. The van der Waals surface area contributed by atoms with Crippen LogP contribution in [-0.2, 0) is 23.7 Å². The molecule has 3 aromatic carbocycles. The fourth-order valence-electron chi connectivity index (χ4n) is 4.79. The summed E-state index contributed by atoms with van der Waals surface area (Å²) in [6.45, 7) is -1.69. The van der Waals surface area contributed by atoms with E-state index in [0.29, 0.717) is 0 Å². The lowest BCUT2D eigenvalue weighted by Crippen LogP contribution is -2.63. The van der Waals surface area contributed by atoms with Crippen LogP contribution >= 0.6 is 0 Å². The second-order valence-electron chi connectivity index (χ2n) is 9.99. The topological polar surface area (TPSA) is 138 Å². The van der Waals surface area contributed by atoms with Crippen LogP contribution in [0.4, 0.5) is 18.0 Å². The number of benzene rings is 3. The van der Waals surface area contributed by atoms with Crippen LogP contribution in [0, 0.1) is 5.92 Å². The summed E-state index contributed by atoms with van der Waals surface area (Å²) in [4.78, 5) is 65.2. The lowest BCUT2D eigenvalue weighted by Gasteiger charge is -2.37. The number of halogens is 3. The number of ether oxygens (including phenoxy) is 4. The zero-order chi connectivity index (χ0) is 32.1. The molecule has 2 fully saturated rings. The molecule has 0 aliphatic carbocycles. The molecule has 2 saturated heterocycles. The lowest BCUT2D eigenvalue weighted by atomic mass is 10.0. The van der Waals surface area contributed by atoms with Gasteiger partial charge in [0.05, 0.1) is 16.7 Å². The summed E-state index contributed by atoms with van der Waals surface area (Å²) in [5, 5.41) is 2.00. The van der Waals surface area contributed by atoms with Crippen molar-refractivity contribution >= 4 is 29.8 Å². The number of nitrogens with zero attached hydrogens (tertiary/aromatic N) is 1. The summed E-state index contributed by atoms with van der Waals surface area (Å²) < 4.78 is 63.7. The molecule has 0 bridgehead atoms. The van der Waals surface area contributed by atoms with Gasteiger partial charge >= 0.3 is 30.1 Å². The average molecular weight is 627 g/mol. The van der Waals surface area contributed by atoms with Gasteiger partial charge in [0.1, 0.15) is 12.7 Å². The number of amides is 3. The third-order valence-corrected chi connectivity index (χ3v) is 7.04. The van der Waals surface area contributed by atoms with Gasteiger partial charge in [0.15, 0.2) is 24.4 Å². The van der Waals surface area contributed by atoms with E-state index in [9.17, 15) is 37.1 Å². The molecule has 1 unspecified atom stereocenters. The highest BCUT2D eigenvalue weighted by molar-refractivity contribution is 5.99. The van der Waals surface area contributed by atoms with Crippen LogP contribution < -0.4 is 5.32 Å². The number of imide groups is 1. The molecule has 2 aliphatic rings. The van der Waals surface area contributed by atoms with Crippen molar-refractivity contribution < 1.29 is 56.1 Å². The summed E-state index contributed by atoms with van der Waals surface area (Å²) in [7, 11) is 0. The summed E-state index contributed by atoms with van der Waals surface area (Å²) in [6, 6.07) is 21.5. The van der Waals surface area contributed by atoms with E-state index in [-0.39, 0.29) is 21.6 Å². The summed E-state index contributed by atoms with van der Waals surface area (Å²) in [6.07, 6.45) is -12.1. The molecule has 2 aliphatic heterocycles. The second-order valence-corrected chi connectivity index (χ2v) is 9.99. The smallest absolute Gasteiger partial charge is 0.402 e. The van der Waals surface area contributed by atoms with E-state index >= 15 is 0 Å². The number of hydrogen-bond acceptors (Lipinski definition) is 9. The first-order chi connectivity index (χ1) is 21.5. The molecule has 0 saturated carbocycles. The van der Waals surface area contributed by atoms with Gasteiger partial charge in [-0.05, 0) is 36.4 Å². The van der Waals surface area contributed by atoms with Crippen molar-refractivity contribution in [3.8, 4) is 0 Å². The number of nitrogens with one attached hydrogen (secondary N) is 1. The molecule has 0 spiro atoms. The van der Waals surface area contributed by atoms with Crippen LogP contribution in [0.5, 0.6) is 0 Å². The van der Waals surface area contributed by atoms with E-state index in [1.54, 1.807) is 42.5 Å². The molecule has 0 radical (unpaired) electrons. The number of alkyl halides is 3. The number of hydrogen-bond donors (Lipinski definition) is 1. The van der Waals surface area contributed by atoms with Crippen LogP contribution in [0.2, 0.25) is 0 Å². The molecule has 5 atom stereocenters. The maximum Gasteiger partial charge on any atom is 0.402 e. The van der Waals surface area contributed by atoms with E-state index in [0.717, 1.165) is 0 Å². The Balaban J connectivity index is 1.51. The van der Waals surface area contributed by atoms with Crippen LogP contribution in [0.25, 0.3) is 0 Å². The Kier molecular flexibility index (Phi) is 9.13. The predicted molar refractivity (Wildman–Crippen MR) is 146 cm³/mol. The molecule has 5 rings (SSSR count). The Morgan fingerprint density at radius 2 is 1.22 bits per heavy atom. The molecular formula is C31H25F3N2O9. The highest BCUT2D eigenvalue weighted by Crippen LogP contribution is 2.36. The Bertz CT molecular complexity index is 1550. The number of esters is 3. The number of rotatable bonds is 8. The first-order valence-corrected chi connectivity index (χ1v) is 13.6. The van der Waals surface area contributed by atoms with Crippen molar-refractivity contribution in [2.75, 3.05) is 13.2 Å². The van der Waals surface area contributed by atoms with Crippen molar-refractivity contribution in [2.45, 2.75) is 30.7 Å². The largest absolute Gasteiger partial charge is 0.459 e. The molecule has 1 N–H and O–H groups in total. The fourth-order valence-corrected chi connectivity index (χ4v) is 4.79. The molecule has 234 valence electrons. The third-order valence-electron chi connectivity index (χ3n) is 7.04. The maximum atomic E-state index is 13.7. The van der Waals surface area contributed by atoms with Gasteiger partial charge in [-0.15, -0.1) is 0 Å². The van der Waals surface area contributed by atoms with Gasteiger partial charge in [0.25, 0.3) is 0 Å². The number of carbonyl (C=O) groups excluding carboxylic acids is 5. The SMILES string of the molecule is O=C(OC[C@H]1O[C@@H](N2C(=O)NCC(C(F)(F)F)C2=O)[C@H](OC(=O)c2ccccc2)[C@@H]1OC(=O)c1ccccc1)c1ccccc1. The van der Waals surface area contributed by atoms with Gasteiger partial charge in [0, 0.05) is 6.54 Å². The highest BCUT2D eigenvalue weighted by atomic mass is 19.4. The highest BCUT2D eigenvalue weighted by Gasteiger charge is 2.59. The minimum atomic E-state index is -5.04. The number of urea groups is 1. The summed E-state index contributed by atoms with van der Waals surface area (Å²) in [5.41, 5.74) is 0.208. The molecule has 45 heavy (non-hydrogen) atoms. The molecule has 3 amide bonds. The normalized spacial score (nSPS) is 23.2. The predicted octanol–water partition coefficient (Wildman–Crippen LogP) is 3.75. The maximum absolute atomic E-state index is 13.7. The molecule has 3 aromatic rings. The van der Waals surface area contributed by atoms with Crippen molar-refractivity contribution in [2.24, 2.45) is 5.92 Å². The van der Waals surface area contributed by atoms with Crippen molar-refractivity contribution in [1.82, 2.24) is 10.2 Å². The van der Waals surface area contributed by atoms with Crippen LogP contribution in [0.3, 0.4) is 0 Å². The molecule has 14 heteroatoms. The summed E-state index contributed by atoms with van der Waals surface area (Å²) in [5.74, 6) is -7.10. The zero-order valence-electron chi connectivity index (χ0n) is 23.2. The van der Waals surface area contributed by atoms with Crippen LogP contribution in [0.1, 0.15) is 31.1 Å². The molecule has 11 nitrogen and oxygen atoms in total.